The summed E-state index contributed by atoms with van der Waals surface area (Å²) in [5.74, 6) is 0.233. The summed E-state index contributed by atoms with van der Waals surface area (Å²) in [6.07, 6.45) is 2.51. The van der Waals surface area contributed by atoms with Crippen LogP contribution in [0.2, 0.25) is 0 Å². The van der Waals surface area contributed by atoms with E-state index in [2.05, 4.69) is 22.0 Å². The van der Waals surface area contributed by atoms with E-state index in [1.54, 1.807) is 0 Å². The average Bonchev–Trinajstić information content (AvgIpc) is 2.30. The van der Waals surface area contributed by atoms with Crippen molar-refractivity contribution in [2.24, 2.45) is 0 Å². The first-order valence-electron chi connectivity index (χ1n) is 6.84. The van der Waals surface area contributed by atoms with E-state index in [9.17, 15) is 8.42 Å². The minimum absolute atomic E-state index is 0.233. The monoisotopic (exact) mass is 277 g/mol. The van der Waals surface area contributed by atoms with E-state index in [1.807, 2.05) is 0 Å². The lowest BCUT2D eigenvalue weighted by atomic mass is 10.3. The Hall–Kier alpha value is -0.170. The molecule has 1 aliphatic heterocycles. The number of rotatable bonds is 8. The summed E-state index contributed by atoms with van der Waals surface area (Å²) in [6.45, 7) is 10.5. The third-order valence-corrected chi connectivity index (χ3v) is 4.20. The maximum absolute atomic E-state index is 10.9. The predicted octanol–water partition coefficient (Wildman–Crippen LogP) is -0.352. The Morgan fingerprint density at radius 2 is 1.56 bits per heavy atom. The Balaban J connectivity index is 2.01. The molecule has 0 aromatic carbocycles. The van der Waals surface area contributed by atoms with Crippen LogP contribution in [-0.2, 0) is 9.84 Å². The number of piperazine rings is 1. The van der Waals surface area contributed by atoms with Crippen LogP contribution < -0.4 is 5.32 Å². The summed E-state index contributed by atoms with van der Waals surface area (Å²) in [5.41, 5.74) is 0. The first-order chi connectivity index (χ1) is 8.51. The van der Waals surface area contributed by atoms with Gasteiger partial charge in [-0.15, -0.1) is 0 Å². The lowest BCUT2D eigenvalue weighted by Gasteiger charge is -2.34. The molecule has 0 aromatic rings. The number of nitrogens with zero attached hydrogens (tertiary/aromatic N) is 2. The van der Waals surface area contributed by atoms with Gasteiger partial charge in [0.15, 0.2) is 0 Å². The van der Waals surface area contributed by atoms with Crippen LogP contribution in [0.5, 0.6) is 0 Å². The highest BCUT2D eigenvalue weighted by atomic mass is 32.2. The van der Waals surface area contributed by atoms with Crippen LogP contribution in [0.4, 0.5) is 0 Å². The fourth-order valence-electron chi connectivity index (χ4n) is 2.17. The van der Waals surface area contributed by atoms with Gasteiger partial charge in [-0.05, 0) is 13.0 Å². The zero-order chi connectivity index (χ0) is 13.4. The zero-order valence-corrected chi connectivity index (χ0v) is 12.5. The van der Waals surface area contributed by atoms with Gasteiger partial charge in [0, 0.05) is 52.1 Å². The van der Waals surface area contributed by atoms with Gasteiger partial charge in [0.1, 0.15) is 9.84 Å². The molecule has 0 atom stereocenters. The smallest absolute Gasteiger partial charge is 0.148 e. The van der Waals surface area contributed by atoms with Gasteiger partial charge in [-0.2, -0.15) is 0 Å². The fourth-order valence-corrected chi connectivity index (χ4v) is 2.69. The Morgan fingerprint density at radius 3 is 2.06 bits per heavy atom. The van der Waals surface area contributed by atoms with Crippen LogP contribution in [0, 0.1) is 0 Å². The molecule has 1 heterocycles. The van der Waals surface area contributed by atoms with E-state index >= 15 is 0 Å². The molecule has 0 aromatic heterocycles. The Kier molecular flexibility index (Phi) is 7.14. The second-order valence-corrected chi connectivity index (χ2v) is 7.32. The van der Waals surface area contributed by atoms with E-state index in [0.29, 0.717) is 6.54 Å². The largest absolute Gasteiger partial charge is 0.314 e. The molecule has 0 bridgehead atoms. The molecule has 0 spiro atoms. The molecule has 6 heteroatoms. The van der Waals surface area contributed by atoms with Crippen LogP contribution in [0.25, 0.3) is 0 Å². The van der Waals surface area contributed by atoms with Crippen LogP contribution in [0.1, 0.15) is 13.3 Å². The minimum atomic E-state index is -2.83. The molecule has 1 fully saturated rings. The van der Waals surface area contributed by atoms with Crippen LogP contribution in [0.3, 0.4) is 0 Å². The molecule has 0 aliphatic carbocycles. The van der Waals surface area contributed by atoms with E-state index < -0.39 is 9.84 Å². The maximum Gasteiger partial charge on any atom is 0.148 e. The summed E-state index contributed by atoms with van der Waals surface area (Å²) >= 11 is 0. The second kappa shape index (κ2) is 8.09. The maximum atomic E-state index is 10.9. The van der Waals surface area contributed by atoms with Gasteiger partial charge in [-0.1, -0.05) is 6.92 Å². The lowest BCUT2D eigenvalue weighted by Crippen LogP contribution is -2.48. The highest BCUT2D eigenvalue weighted by Gasteiger charge is 2.15. The van der Waals surface area contributed by atoms with Gasteiger partial charge in [-0.3, -0.25) is 4.90 Å². The molecular formula is C12H27N3O2S. The summed E-state index contributed by atoms with van der Waals surface area (Å²) in [4.78, 5) is 4.95. The van der Waals surface area contributed by atoms with Crippen molar-refractivity contribution in [3.63, 3.8) is 0 Å². The second-order valence-electron chi connectivity index (χ2n) is 5.06. The average molecular weight is 277 g/mol. The summed E-state index contributed by atoms with van der Waals surface area (Å²) < 4.78 is 21.9. The van der Waals surface area contributed by atoms with E-state index in [-0.39, 0.29) is 5.75 Å². The standard InChI is InChI=1S/C12H27N3O2S/c1-3-6-14-8-10-15(11-9-14)7-4-13-5-12-18(2,16)17/h13H,3-12H2,1-2H3. The van der Waals surface area contributed by atoms with Crippen molar-refractivity contribution in [2.75, 3.05) is 64.4 Å². The quantitative estimate of drug-likeness (QED) is 0.615. The molecule has 1 aliphatic rings. The van der Waals surface area contributed by atoms with Gasteiger partial charge in [0.25, 0.3) is 0 Å². The van der Waals surface area contributed by atoms with Gasteiger partial charge in [-0.25, -0.2) is 8.42 Å². The molecule has 108 valence electrons. The lowest BCUT2D eigenvalue weighted by molar-refractivity contribution is 0.133. The highest BCUT2D eigenvalue weighted by molar-refractivity contribution is 7.90. The van der Waals surface area contributed by atoms with Crippen molar-refractivity contribution in [1.29, 1.82) is 0 Å². The van der Waals surface area contributed by atoms with Crippen molar-refractivity contribution in [3.05, 3.63) is 0 Å². The summed E-state index contributed by atoms with van der Waals surface area (Å²) in [5, 5.41) is 3.19. The Morgan fingerprint density at radius 1 is 1.00 bits per heavy atom. The third kappa shape index (κ3) is 7.31. The number of nitrogens with one attached hydrogen (secondary N) is 1. The van der Waals surface area contributed by atoms with E-state index in [4.69, 9.17) is 0 Å². The van der Waals surface area contributed by atoms with Crippen LogP contribution in [-0.4, -0.2) is 82.6 Å². The molecular weight excluding hydrogens is 250 g/mol. The summed E-state index contributed by atoms with van der Waals surface area (Å²) in [6, 6.07) is 0. The van der Waals surface area contributed by atoms with Crippen molar-refractivity contribution in [2.45, 2.75) is 13.3 Å². The SMILES string of the molecule is CCCN1CCN(CCNCCS(C)(=O)=O)CC1. The Labute approximate surface area is 111 Å². The van der Waals surface area contributed by atoms with Gasteiger partial charge >= 0.3 is 0 Å². The van der Waals surface area contributed by atoms with Crippen molar-refractivity contribution in [3.8, 4) is 0 Å². The van der Waals surface area contributed by atoms with Crippen LogP contribution >= 0.6 is 0 Å². The molecule has 0 unspecified atom stereocenters. The number of sulfone groups is 1. The molecule has 5 nitrogen and oxygen atoms in total. The normalized spacial score (nSPS) is 19.2. The molecule has 18 heavy (non-hydrogen) atoms. The molecule has 0 saturated carbocycles. The van der Waals surface area contributed by atoms with Crippen molar-refractivity contribution >= 4 is 9.84 Å². The molecule has 1 rings (SSSR count). The van der Waals surface area contributed by atoms with Gasteiger partial charge in [0.05, 0.1) is 5.75 Å². The van der Waals surface area contributed by atoms with Gasteiger partial charge in [0.2, 0.25) is 0 Å². The number of hydrogen-bond donors (Lipinski definition) is 1. The third-order valence-electron chi connectivity index (χ3n) is 3.26. The first kappa shape index (κ1) is 15.9. The van der Waals surface area contributed by atoms with Gasteiger partial charge < -0.3 is 10.2 Å². The number of hydrogen-bond acceptors (Lipinski definition) is 5. The molecule has 0 amide bonds. The predicted molar refractivity (Wildman–Crippen MR) is 75.8 cm³/mol. The minimum Gasteiger partial charge on any atom is -0.314 e. The summed E-state index contributed by atoms with van der Waals surface area (Å²) in [7, 11) is -2.83. The molecule has 0 radical (unpaired) electrons. The fraction of sp³-hybridized carbons (Fsp3) is 1.00. The van der Waals surface area contributed by atoms with Crippen LogP contribution in [0.15, 0.2) is 0 Å². The molecule has 1 N–H and O–H groups in total. The van der Waals surface area contributed by atoms with E-state index in [1.165, 1.54) is 19.2 Å². The van der Waals surface area contributed by atoms with Crippen molar-refractivity contribution < 1.29 is 8.42 Å². The van der Waals surface area contributed by atoms with E-state index in [0.717, 1.165) is 39.3 Å². The zero-order valence-electron chi connectivity index (χ0n) is 11.7. The Bertz CT molecular complexity index is 311. The first-order valence-corrected chi connectivity index (χ1v) is 8.90. The molecule has 1 saturated heterocycles. The highest BCUT2D eigenvalue weighted by Crippen LogP contribution is 2.01. The topological polar surface area (TPSA) is 52.6 Å². The van der Waals surface area contributed by atoms with Crippen molar-refractivity contribution in [1.82, 2.24) is 15.1 Å².